The van der Waals surface area contributed by atoms with Gasteiger partial charge in [-0.25, -0.2) is 8.78 Å². The third kappa shape index (κ3) is 3.80. The fraction of sp³-hybridized carbons (Fsp3) is 0.136. The zero-order valence-corrected chi connectivity index (χ0v) is 14.4. The van der Waals surface area contributed by atoms with Crippen LogP contribution in [0.15, 0.2) is 66.7 Å². The SMILES string of the molecule is C[C@H](Cc1ccc(-c2cc(F)c(C(N)=O)c(F)c2)cc1)c1ccccc1. The highest BCUT2D eigenvalue weighted by Gasteiger charge is 2.16. The van der Waals surface area contributed by atoms with Gasteiger partial charge in [-0.05, 0) is 46.7 Å². The number of hydrogen-bond acceptors (Lipinski definition) is 1. The van der Waals surface area contributed by atoms with E-state index in [-0.39, 0.29) is 0 Å². The Balaban J connectivity index is 1.81. The first-order valence-electron chi connectivity index (χ1n) is 8.39. The minimum Gasteiger partial charge on any atom is -0.365 e. The number of carbonyl (C=O) groups is 1. The normalized spacial score (nSPS) is 12.0. The Morgan fingerprint density at radius 2 is 1.50 bits per heavy atom. The predicted molar refractivity (Wildman–Crippen MR) is 98.9 cm³/mol. The molecule has 0 saturated carbocycles. The molecule has 2 nitrogen and oxygen atoms in total. The van der Waals surface area contributed by atoms with Crippen LogP contribution in [0.3, 0.4) is 0 Å². The number of hydrogen-bond donors (Lipinski definition) is 1. The summed E-state index contributed by atoms with van der Waals surface area (Å²) < 4.78 is 27.9. The summed E-state index contributed by atoms with van der Waals surface area (Å²) in [6, 6.07) is 20.1. The van der Waals surface area contributed by atoms with E-state index in [1.165, 1.54) is 5.56 Å². The average Bonchev–Trinajstić information content (AvgIpc) is 2.62. The second-order valence-corrected chi connectivity index (χ2v) is 6.39. The molecule has 0 bridgehead atoms. The Hall–Kier alpha value is -3.01. The lowest BCUT2D eigenvalue weighted by Crippen LogP contribution is -2.15. The second-order valence-electron chi connectivity index (χ2n) is 6.39. The van der Waals surface area contributed by atoms with Crippen molar-refractivity contribution < 1.29 is 13.6 Å². The maximum absolute atomic E-state index is 13.9. The van der Waals surface area contributed by atoms with E-state index in [9.17, 15) is 13.6 Å². The van der Waals surface area contributed by atoms with Gasteiger partial charge in [0.15, 0.2) is 0 Å². The van der Waals surface area contributed by atoms with E-state index < -0.39 is 23.1 Å². The molecule has 132 valence electrons. The lowest BCUT2D eigenvalue weighted by molar-refractivity contribution is 0.0992. The molecule has 1 atom stereocenters. The molecular formula is C22H19F2NO. The number of amides is 1. The molecule has 0 saturated heterocycles. The quantitative estimate of drug-likeness (QED) is 0.685. The van der Waals surface area contributed by atoms with Gasteiger partial charge in [-0.15, -0.1) is 0 Å². The van der Waals surface area contributed by atoms with Crippen molar-refractivity contribution in [1.82, 2.24) is 0 Å². The lowest BCUT2D eigenvalue weighted by atomic mass is 9.93. The molecule has 0 spiro atoms. The highest BCUT2D eigenvalue weighted by molar-refractivity contribution is 5.94. The molecule has 0 aliphatic heterocycles. The van der Waals surface area contributed by atoms with Crippen LogP contribution >= 0.6 is 0 Å². The van der Waals surface area contributed by atoms with Gasteiger partial charge in [0.05, 0.1) is 0 Å². The fourth-order valence-corrected chi connectivity index (χ4v) is 3.06. The summed E-state index contributed by atoms with van der Waals surface area (Å²) in [6.07, 6.45) is 0.869. The molecule has 2 N–H and O–H groups in total. The Kier molecular flexibility index (Phi) is 5.12. The molecule has 3 aromatic carbocycles. The van der Waals surface area contributed by atoms with Crippen molar-refractivity contribution in [1.29, 1.82) is 0 Å². The molecule has 0 aromatic heterocycles. The van der Waals surface area contributed by atoms with Crippen molar-refractivity contribution in [3.05, 3.63) is 95.1 Å². The van der Waals surface area contributed by atoms with Gasteiger partial charge in [0.1, 0.15) is 17.2 Å². The summed E-state index contributed by atoms with van der Waals surface area (Å²) in [5.74, 6) is -2.65. The number of primary amides is 1. The Bertz CT molecular complexity index is 898. The molecule has 1 amide bonds. The minimum absolute atomic E-state index is 0.367. The van der Waals surface area contributed by atoms with Gasteiger partial charge in [-0.3, -0.25) is 4.79 Å². The first kappa shape index (κ1) is 17.8. The van der Waals surface area contributed by atoms with Gasteiger partial charge in [0.2, 0.25) is 0 Å². The summed E-state index contributed by atoms with van der Waals surface area (Å²) in [5.41, 5.74) is 7.74. The van der Waals surface area contributed by atoms with Crippen molar-refractivity contribution in [2.75, 3.05) is 0 Å². The monoisotopic (exact) mass is 351 g/mol. The van der Waals surface area contributed by atoms with E-state index in [4.69, 9.17) is 5.73 Å². The van der Waals surface area contributed by atoms with E-state index in [0.717, 1.165) is 24.1 Å². The molecule has 0 aliphatic carbocycles. The van der Waals surface area contributed by atoms with Crippen LogP contribution in [0.4, 0.5) is 8.78 Å². The second kappa shape index (κ2) is 7.48. The summed E-state index contributed by atoms with van der Waals surface area (Å²) in [5, 5.41) is 0. The van der Waals surface area contributed by atoms with E-state index in [1.54, 1.807) is 0 Å². The van der Waals surface area contributed by atoms with Crippen LogP contribution in [0.5, 0.6) is 0 Å². The first-order chi connectivity index (χ1) is 12.5. The average molecular weight is 351 g/mol. The summed E-state index contributed by atoms with van der Waals surface area (Å²) in [6.45, 7) is 2.16. The molecule has 3 aromatic rings. The van der Waals surface area contributed by atoms with Gasteiger partial charge in [0, 0.05) is 0 Å². The van der Waals surface area contributed by atoms with Gasteiger partial charge in [-0.1, -0.05) is 61.5 Å². The number of rotatable bonds is 5. The Morgan fingerprint density at radius 3 is 2.04 bits per heavy atom. The molecule has 0 heterocycles. The van der Waals surface area contributed by atoms with Crippen LogP contribution < -0.4 is 5.73 Å². The maximum Gasteiger partial charge on any atom is 0.254 e. The molecule has 0 radical (unpaired) electrons. The first-order valence-corrected chi connectivity index (χ1v) is 8.39. The standard InChI is InChI=1S/C22H19F2NO/c1-14(16-5-3-2-4-6-16)11-15-7-9-17(10-8-15)18-12-19(23)21(22(25)26)20(24)13-18/h2-10,12-14H,11H2,1H3,(H2,25,26)/t14-/m1/s1. The lowest BCUT2D eigenvalue weighted by Gasteiger charge is -2.12. The molecule has 26 heavy (non-hydrogen) atoms. The van der Waals surface area contributed by atoms with E-state index in [2.05, 4.69) is 19.1 Å². The van der Waals surface area contributed by atoms with Crippen LogP contribution in [0.2, 0.25) is 0 Å². The highest BCUT2D eigenvalue weighted by atomic mass is 19.1. The minimum atomic E-state index is -1.11. The number of halogens is 2. The van der Waals surface area contributed by atoms with Crippen LogP contribution in [0.1, 0.15) is 34.3 Å². The molecule has 4 heteroatoms. The number of nitrogens with two attached hydrogens (primary N) is 1. The highest BCUT2D eigenvalue weighted by Crippen LogP contribution is 2.26. The van der Waals surface area contributed by atoms with Gasteiger partial charge < -0.3 is 5.73 Å². The van der Waals surface area contributed by atoms with Crippen LogP contribution in [0.25, 0.3) is 11.1 Å². The number of carbonyl (C=O) groups excluding carboxylic acids is 1. The van der Waals surface area contributed by atoms with E-state index in [1.807, 2.05) is 42.5 Å². The summed E-state index contributed by atoms with van der Waals surface area (Å²) in [4.78, 5) is 11.1. The van der Waals surface area contributed by atoms with Crippen molar-refractivity contribution in [2.45, 2.75) is 19.3 Å². The molecule has 3 rings (SSSR count). The van der Waals surface area contributed by atoms with Crippen molar-refractivity contribution in [2.24, 2.45) is 5.73 Å². The molecule has 0 unspecified atom stereocenters. The van der Waals surface area contributed by atoms with Crippen LogP contribution in [0, 0.1) is 11.6 Å². The predicted octanol–water partition coefficient (Wildman–Crippen LogP) is 5.08. The third-order valence-corrected chi connectivity index (χ3v) is 4.49. The molecule has 0 fully saturated rings. The zero-order chi connectivity index (χ0) is 18.7. The largest absolute Gasteiger partial charge is 0.365 e. The maximum atomic E-state index is 13.9. The fourth-order valence-electron chi connectivity index (χ4n) is 3.06. The topological polar surface area (TPSA) is 43.1 Å². The summed E-state index contributed by atoms with van der Waals surface area (Å²) in [7, 11) is 0. The van der Waals surface area contributed by atoms with Crippen LogP contribution in [-0.4, -0.2) is 5.91 Å². The van der Waals surface area contributed by atoms with Crippen LogP contribution in [-0.2, 0) is 6.42 Å². The molecular weight excluding hydrogens is 332 g/mol. The van der Waals surface area contributed by atoms with Crippen molar-refractivity contribution in [3.8, 4) is 11.1 Å². The Labute approximate surface area is 151 Å². The van der Waals surface area contributed by atoms with Gasteiger partial charge in [-0.2, -0.15) is 0 Å². The van der Waals surface area contributed by atoms with Gasteiger partial charge >= 0.3 is 0 Å². The van der Waals surface area contributed by atoms with Gasteiger partial charge in [0.25, 0.3) is 5.91 Å². The third-order valence-electron chi connectivity index (χ3n) is 4.49. The summed E-state index contributed by atoms with van der Waals surface area (Å²) >= 11 is 0. The number of benzene rings is 3. The zero-order valence-electron chi connectivity index (χ0n) is 14.4. The van der Waals surface area contributed by atoms with E-state index >= 15 is 0 Å². The van der Waals surface area contributed by atoms with E-state index in [0.29, 0.717) is 17.0 Å². The molecule has 0 aliphatic rings. The van der Waals surface area contributed by atoms with Crippen molar-refractivity contribution >= 4 is 5.91 Å². The Morgan fingerprint density at radius 1 is 0.923 bits per heavy atom. The smallest absolute Gasteiger partial charge is 0.254 e. The van der Waals surface area contributed by atoms with Crippen molar-refractivity contribution in [3.63, 3.8) is 0 Å².